The Kier molecular flexibility index (Phi) is 4.07. The first kappa shape index (κ1) is 14.6. The average Bonchev–Trinajstić information content (AvgIpc) is 3.11. The van der Waals surface area contributed by atoms with Crippen molar-refractivity contribution >= 4 is 17.3 Å². The minimum atomic E-state index is 0.333. The highest BCUT2D eigenvalue weighted by atomic mass is 32.1. The largest absolute Gasteiger partial charge is 0.353 e. The van der Waals surface area contributed by atoms with Crippen LogP contribution in [-0.4, -0.2) is 15.6 Å². The van der Waals surface area contributed by atoms with E-state index in [0.29, 0.717) is 12.1 Å². The summed E-state index contributed by atoms with van der Waals surface area (Å²) in [4.78, 5) is 7.51. The molecule has 1 fully saturated rings. The molecule has 2 aromatic rings. The Morgan fingerprint density at radius 1 is 1.29 bits per heavy atom. The predicted molar refractivity (Wildman–Crippen MR) is 90.4 cm³/mol. The molecule has 4 heteroatoms. The standard InChI is InChI=1S/C17H25N3S/c1-11-10-20(13(3)16-9-12(2)21-14(16)4)17(18-11)19-15-7-5-6-8-15/h9-10,13,15H,5-8H2,1-4H3,(H,18,19). The average molecular weight is 303 g/mol. The van der Waals surface area contributed by atoms with Crippen LogP contribution in [0.15, 0.2) is 12.3 Å². The van der Waals surface area contributed by atoms with Crippen LogP contribution in [0, 0.1) is 20.8 Å². The number of anilines is 1. The van der Waals surface area contributed by atoms with Crippen molar-refractivity contribution in [2.45, 2.75) is 65.5 Å². The third-order valence-electron chi connectivity index (χ3n) is 4.49. The van der Waals surface area contributed by atoms with Crippen molar-refractivity contribution in [2.24, 2.45) is 0 Å². The zero-order valence-corrected chi connectivity index (χ0v) is 14.3. The van der Waals surface area contributed by atoms with Crippen LogP contribution < -0.4 is 5.32 Å². The van der Waals surface area contributed by atoms with E-state index in [1.54, 1.807) is 0 Å². The number of aryl methyl sites for hydroxylation is 3. The summed E-state index contributed by atoms with van der Waals surface area (Å²) in [6.45, 7) is 8.76. The van der Waals surface area contributed by atoms with Gasteiger partial charge in [-0.3, -0.25) is 0 Å². The van der Waals surface area contributed by atoms with Gasteiger partial charge >= 0.3 is 0 Å². The van der Waals surface area contributed by atoms with Gasteiger partial charge in [-0.25, -0.2) is 4.98 Å². The van der Waals surface area contributed by atoms with E-state index < -0.39 is 0 Å². The third kappa shape index (κ3) is 3.00. The van der Waals surface area contributed by atoms with E-state index >= 15 is 0 Å². The van der Waals surface area contributed by atoms with E-state index in [-0.39, 0.29) is 0 Å². The van der Waals surface area contributed by atoms with Crippen molar-refractivity contribution in [3.63, 3.8) is 0 Å². The van der Waals surface area contributed by atoms with Crippen LogP contribution in [0.5, 0.6) is 0 Å². The highest BCUT2D eigenvalue weighted by molar-refractivity contribution is 7.12. The Bertz CT molecular complexity index is 620. The summed E-state index contributed by atoms with van der Waals surface area (Å²) in [7, 11) is 0. The van der Waals surface area contributed by atoms with E-state index in [2.05, 4.69) is 49.8 Å². The zero-order chi connectivity index (χ0) is 15.0. The van der Waals surface area contributed by atoms with Gasteiger partial charge in [-0.05, 0) is 52.2 Å². The van der Waals surface area contributed by atoms with Crippen molar-refractivity contribution in [2.75, 3.05) is 5.32 Å². The third-order valence-corrected chi connectivity index (χ3v) is 5.47. The summed E-state index contributed by atoms with van der Waals surface area (Å²) in [6, 6.07) is 3.25. The lowest BCUT2D eigenvalue weighted by atomic mass is 10.1. The molecule has 1 aliphatic carbocycles. The normalized spacial score (nSPS) is 17.3. The molecule has 0 aliphatic heterocycles. The van der Waals surface area contributed by atoms with Crippen molar-refractivity contribution < 1.29 is 0 Å². The Hall–Kier alpha value is -1.29. The maximum Gasteiger partial charge on any atom is 0.203 e. The maximum absolute atomic E-state index is 4.71. The second-order valence-corrected chi connectivity index (χ2v) is 7.74. The molecule has 2 aromatic heterocycles. The fourth-order valence-corrected chi connectivity index (χ4v) is 4.40. The number of hydrogen-bond donors (Lipinski definition) is 1. The lowest BCUT2D eigenvalue weighted by Gasteiger charge is -2.19. The molecule has 0 bridgehead atoms. The van der Waals surface area contributed by atoms with Gasteiger partial charge in [0.2, 0.25) is 5.95 Å². The van der Waals surface area contributed by atoms with Gasteiger partial charge in [0, 0.05) is 22.0 Å². The van der Waals surface area contributed by atoms with E-state index in [9.17, 15) is 0 Å². The second-order valence-electron chi connectivity index (χ2n) is 6.28. The van der Waals surface area contributed by atoms with E-state index in [0.717, 1.165) is 11.6 Å². The highest BCUT2D eigenvalue weighted by Crippen LogP contribution is 2.31. The van der Waals surface area contributed by atoms with E-state index in [1.807, 2.05) is 11.3 Å². The van der Waals surface area contributed by atoms with Gasteiger partial charge in [0.15, 0.2) is 0 Å². The quantitative estimate of drug-likeness (QED) is 0.876. The smallest absolute Gasteiger partial charge is 0.203 e. The monoisotopic (exact) mass is 303 g/mol. The van der Waals surface area contributed by atoms with Gasteiger partial charge in [0.1, 0.15) is 0 Å². The first-order chi connectivity index (χ1) is 10.0. The molecule has 1 saturated carbocycles. The van der Waals surface area contributed by atoms with Crippen LogP contribution >= 0.6 is 11.3 Å². The summed E-state index contributed by atoms with van der Waals surface area (Å²) >= 11 is 1.88. The number of imidazole rings is 1. The SMILES string of the molecule is Cc1cn(C(C)c2cc(C)sc2C)c(NC2CCCC2)n1. The summed E-state index contributed by atoms with van der Waals surface area (Å²) in [5.74, 6) is 1.04. The Morgan fingerprint density at radius 3 is 2.62 bits per heavy atom. The van der Waals surface area contributed by atoms with Gasteiger partial charge < -0.3 is 9.88 Å². The van der Waals surface area contributed by atoms with Crippen molar-refractivity contribution in [1.82, 2.24) is 9.55 Å². The van der Waals surface area contributed by atoms with Crippen LogP contribution in [0.25, 0.3) is 0 Å². The molecule has 1 atom stereocenters. The lowest BCUT2D eigenvalue weighted by Crippen LogP contribution is -2.19. The number of thiophene rings is 1. The van der Waals surface area contributed by atoms with E-state index in [1.165, 1.54) is 41.0 Å². The molecule has 2 heterocycles. The fraction of sp³-hybridized carbons (Fsp3) is 0.588. The van der Waals surface area contributed by atoms with Crippen LogP contribution in [0.4, 0.5) is 5.95 Å². The maximum atomic E-state index is 4.71. The summed E-state index contributed by atoms with van der Waals surface area (Å²) < 4.78 is 2.31. The Morgan fingerprint density at radius 2 is 2.00 bits per heavy atom. The number of nitrogens with zero attached hydrogens (tertiary/aromatic N) is 2. The second kappa shape index (κ2) is 5.84. The Balaban J connectivity index is 1.88. The first-order valence-corrected chi connectivity index (χ1v) is 8.75. The predicted octanol–water partition coefficient (Wildman–Crippen LogP) is 4.83. The van der Waals surface area contributed by atoms with Crippen molar-refractivity contribution in [3.8, 4) is 0 Å². The zero-order valence-electron chi connectivity index (χ0n) is 13.4. The number of hydrogen-bond acceptors (Lipinski definition) is 3. The minimum absolute atomic E-state index is 0.333. The van der Waals surface area contributed by atoms with Crippen LogP contribution in [0.3, 0.4) is 0 Å². The highest BCUT2D eigenvalue weighted by Gasteiger charge is 2.21. The molecule has 0 aromatic carbocycles. The molecule has 0 amide bonds. The van der Waals surface area contributed by atoms with Gasteiger partial charge in [-0.15, -0.1) is 11.3 Å². The summed E-state index contributed by atoms with van der Waals surface area (Å²) in [5.41, 5.74) is 2.51. The molecule has 0 spiro atoms. The lowest BCUT2D eigenvalue weighted by molar-refractivity contribution is 0.629. The van der Waals surface area contributed by atoms with E-state index in [4.69, 9.17) is 4.98 Å². The first-order valence-electron chi connectivity index (χ1n) is 7.93. The van der Waals surface area contributed by atoms with Crippen molar-refractivity contribution in [1.29, 1.82) is 0 Å². The molecule has 1 aliphatic rings. The van der Waals surface area contributed by atoms with Crippen molar-refractivity contribution in [3.05, 3.63) is 33.3 Å². The van der Waals surface area contributed by atoms with Gasteiger partial charge in [-0.1, -0.05) is 12.8 Å². The molecule has 3 nitrogen and oxygen atoms in total. The van der Waals surface area contributed by atoms with Crippen LogP contribution in [-0.2, 0) is 0 Å². The molecular formula is C17H25N3S. The molecule has 1 unspecified atom stereocenters. The molecule has 114 valence electrons. The van der Waals surface area contributed by atoms with Gasteiger partial charge in [0.05, 0.1) is 11.7 Å². The topological polar surface area (TPSA) is 29.9 Å². The Labute approximate surface area is 131 Å². The number of nitrogens with one attached hydrogen (secondary N) is 1. The van der Waals surface area contributed by atoms with Gasteiger partial charge in [0.25, 0.3) is 0 Å². The number of rotatable bonds is 4. The van der Waals surface area contributed by atoms with Crippen LogP contribution in [0.2, 0.25) is 0 Å². The molecule has 0 saturated heterocycles. The summed E-state index contributed by atoms with van der Waals surface area (Å²) in [5, 5.41) is 3.66. The van der Waals surface area contributed by atoms with Crippen LogP contribution in [0.1, 0.15) is 59.7 Å². The number of aromatic nitrogens is 2. The molecule has 0 radical (unpaired) electrons. The summed E-state index contributed by atoms with van der Waals surface area (Å²) in [6.07, 6.45) is 7.41. The molecular weight excluding hydrogens is 278 g/mol. The molecule has 1 N–H and O–H groups in total. The fourth-order valence-electron chi connectivity index (χ4n) is 3.39. The molecule has 3 rings (SSSR count). The minimum Gasteiger partial charge on any atom is -0.353 e. The van der Waals surface area contributed by atoms with Gasteiger partial charge in [-0.2, -0.15) is 0 Å². The molecule has 21 heavy (non-hydrogen) atoms.